The maximum Gasteiger partial charge on any atom is 0.325 e. The first-order valence-corrected chi connectivity index (χ1v) is 12.0. The van der Waals surface area contributed by atoms with Gasteiger partial charge < -0.3 is 52.5 Å². The average molecular weight is 565 g/mol. The summed E-state index contributed by atoms with van der Waals surface area (Å²) in [6, 6.07) is -4.90. The average Bonchev–Trinajstić information content (AvgIpc) is 3.63. The van der Waals surface area contributed by atoms with Crippen LogP contribution in [0.2, 0.25) is 0 Å². The Morgan fingerprint density at radius 2 is 1.32 bits per heavy atom. The van der Waals surface area contributed by atoms with Crippen LogP contribution in [0.1, 0.15) is 18.3 Å². The van der Waals surface area contributed by atoms with E-state index in [4.69, 9.17) is 15.9 Å². The molecule has 2 aromatic heterocycles. The number of aliphatic hydroxyl groups excluding tert-OH is 1. The molecule has 18 nitrogen and oxygen atoms in total. The van der Waals surface area contributed by atoms with E-state index in [-0.39, 0.29) is 12.8 Å². The van der Waals surface area contributed by atoms with E-state index < -0.39 is 79.4 Å². The number of carbonyl (C=O) groups is 6. The molecule has 11 N–H and O–H groups in total. The molecule has 0 aliphatic carbocycles. The van der Waals surface area contributed by atoms with E-state index in [1.165, 1.54) is 32.0 Å². The van der Waals surface area contributed by atoms with Crippen LogP contribution in [0.25, 0.3) is 0 Å². The van der Waals surface area contributed by atoms with E-state index in [0.29, 0.717) is 11.4 Å². The molecule has 0 saturated heterocycles. The van der Waals surface area contributed by atoms with E-state index in [0.717, 1.165) is 0 Å². The highest BCUT2D eigenvalue weighted by Gasteiger charge is 2.29. The summed E-state index contributed by atoms with van der Waals surface area (Å²) in [5.74, 6) is -5.11. The first-order chi connectivity index (χ1) is 19.0. The molecule has 40 heavy (non-hydrogen) atoms. The minimum atomic E-state index is -1.26. The summed E-state index contributed by atoms with van der Waals surface area (Å²) < 4.78 is 0. The molecular formula is C22H32N10O8. The minimum Gasteiger partial charge on any atom is -0.480 e. The SMILES string of the molecule is C[C@H](NC(=O)CNC(=O)[C@H](Cc1c[nH]cn1)NC(=O)[C@H](Cc1c[nH]cn1)NC(=O)CNC(=O)[C@@H](N)CO)C(=O)O. The number of carbonyl (C=O) groups excluding carboxylic acids is 5. The Morgan fingerprint density at radius 1 is 0.825 bits per heavy atom. The Morgan fingerprint density at radius 3 is 1.80 bits per heavy atom. The number of nitrogens with two attached hydrogens (primary N) is 1. The number of carboxylic acid groups (broad SMARTS) is 1. The summed E-state index contributed by atoms with van der Waals surface area (Å²) in [4.78, 5) is 86.8. The molecule has 2 rings (SSSR count). The van der Waals surface area contributed by atoms with Crippen LogP contribution >= 0.6 is 0 Å². The van der Waals surface area contributed by atoms with Crippen LogP contribution in [0.5, 0.6) is 0 Å². The number of carboxylic acids is 1. The van der Waals surface area contributed by atoms with Crippen LogP contribution in [0.15, 0.2) is 25.0 Å². The zero-order valence-corrected chi connectivity index (χ0v) is 21.5. The lowest BCUT2D eigenvalue weighted by molar-refractivity contribution is -0.141. The zero-order chi connectivity index (χ0) is 29.7. The molecule has 2 aromatic rings. The monoisotopic (exact) mass is 564 g/mol. The van der Waals surface area contributed by atoms with Crippen molar-refractivity contribution in [3.63, 3.8) is 0 Å². The molecular weight excluding hydrogens is 532 g/mol. The van der Waals surface area contributed by atoms with Gasteiger partial charge in [-0.05, 0) is 6.92 Å². The fourth-order valence-electron chi connectivity index (χ4n) is 3.19. The van der Waals surface area contributed by atoms with Gasteiger partial charge in [-0.2, -0.15) is 0 Å². The second-order valence-corrected chi connectivity index (χ2v) is 8.56. The van der Waals surface area contributed by atoms with Gasteiger partial charge in [-0.25, -0.2) is 9.97 Å². The molecule has 0 saturated carbocycles. The van der Waals surface area contributed by atoms with Gasteiger partial charge in [-0.3, -0.25) is 28.8 Å². The van der Waals surface area contributed by atoms with E-state index in [9.17, 15) is 28.8 Å². The second-order valence-electron chi connectivity index (χ2n) is 8.56. The van der Waals surface area contributed by atoms with Crippen LogP contribution in [0.4, 0.5) is 0 Å². The summed E-state index contributed by atoms with van der Waals surface area (Å²) in [5, 5.41) is 29.6. The van der Waals surface area contributed by atoms with E-state index >= 15 is 0 Å². The van der Waals surface area contributed by atoms with Crippen LogP contribution < -0.4 is 32.3 Å². The van der Waals surface area contributed by atoms with Crippen LogP contribution in [-0.4, -0.2) is 110 Å². The predicted octanol–water partition coefficient (Wildman–Crippen LogP) is -4.97. The minimum absolute atomic E-state index is 0.0859. The number of aliphatic hydroxyl groups is 1. The third kappa shape index (κ3) is 10.5. The van der Waals surface area contributed by atoms with Crippen molar-refractivity contribution in [3.8, 4) is 0 Å². The van der Waals surface area contributed by atoms with Gasteiger partial charge in [0.05, 0.1) is 43.7 Å². The summed E-state index contributed by atoms with van der Waals surface area (Å²) in [5.41, 5.74) is 6.21. The number of hydrogen-bond donors (Lipinski definition) is 10. The highest BCUT2D eigenvalue weighted by atomic mass is 16.4. The largest absolute Gasteiger partial charge is 0.480 e. The fourth-order valence-corrected chi connectivity index (χ4v) is 3.19. The third-order valence-electron chi connectivity index (χ3n) is 5.35. The number of aromatic nitrogens is 4. The number of amides is 5. The molecule has 18 heteroatoms. The molecule has 0 bridgehead atoms. The zero-order valence-electron chi connectivity index (χ0n) is 21.5. The lowest BCUT2D eigenvalue weighted by Crippen LogP contribution is -2.57. The number of aromatic amines is 2. The van der Waals surface area contributed by atoms with Crippen LogP contribution in [0.3, 0.4) is 0 Å². The summed E-state index contributed by atoms with van der Waals surface area (Å²) in [6.45, 7) is -0.482. The van der Waals surface area contributed by atoms with Gasteiger partial charge >= 0.3 is 5.97 Å². The maximum absolute atomic E-state index is 13.2. The van der Waals surface area contributed by atoms with Crippen molar-refractivity contribution >= 4 is 35.5 Å². The maximum atomic E-state index is 13.2. The lowest BCUT2D eigenvalue weighted by atomic mass is 10.1. The molecule has 0 spiro atoms. The first-order valence-electron chi connectivity index (χ1n) is 12.0. The Balaban J connectivity index is 2.11. The predicted molar refractivity (Wildman–Crippen MR) is 135 cm³/mol. The van der Waals surface area contributed by atoms with E-state index in [2.05, 4.69) is 46.5 Å². The number of rotatable bonds is 16. The molecule has 4 atom stereocenters. The van der Waals surface area contributed by atoms with E-state index in [1.807, 2.05) is 0 Å². The second kappa shape index (κ2) is 15.5. The molecule has 0 radical (unpaired) electrons. The third-order valence-corrected chi connectivity index (χ3v) is 5.35. The summed E-state index contributed by atoms with van der Waals surface area (Å²) in [6.07, 6.45) is 5.55. The van der Waals surface area contributed by atoms with Gasteiger partial charge in [0.1, 0.15) is 24.2 Å². The van der Waals surface area contributed by atoms with Crippen molar-refractivity contribution in [2.24, 2.45) is 5.73 Å². The molecule has 2 heterocycles. The Hall–Kier alpha value is -4.84. The normalized spacial score (nSPS) is 13.7. The van der Waals surface area contributed by atoms with Crippen molar-refractivity contribution < 1.29 is 39.0 Å². The van der Waals surface area contributed by atoms with Crippen molar-refractivity contribution in [3.05, 3.63) is 36.4 Å². The van der Waals surface area contributed by atoms with Gasteiger partial charge in [-0.1, -0.05) is 0 Å². The van der Waals surface area contributed by atoms with Crippen LogP contribution in [0, 0.1) is 0 Å². The van der Waals surface area contributed by atoms with E-state index in [1.54, 1.807) is 0 Å². The van der Waals surface area contributed by atoms with Crippen molar-refractivity contribution in [2.45, 2.75) is 43.9 Å². The number of nitrogens with zero attached hydrogens (tertiary/aromatic N) is 2. The van der Waals surface area contributed by atoms with Gasteiger partial charge in [0.2, 0.25) is 29.5 Å². The van der Waals surface area contributed by atoms with Gasteiger partial charge in [-0.15, -0.1) is 0 Å². The number of imidazole rings is 2. The van der Waals surface area contributed by atoms with Crippen molar-refractivity contribution in [2.75, 3.05) is 19.7 Å². The van der Waals surface area contributed by atoms with Gasteiger partial charge in [0.15, 0.2) is 0 Å². The summed E-state index contributed by atoms with van der Waals surface area (Å²) >= 11 is 0. The van der Waals surface area contributed by atoms with Crippen molar-refractivity contribution in [1.82, 2.24) is 46.5 Å². The molecule has 0 aliphatic heterocycles. The first kappa shape index (κ1) is 31.4. The number of hydrogen-bond acceptors (Lipinski definition) is 10. The number of aliphatic carboxylic acids is 1. The smallest absolute Gasteiger partial charge is 0.325 e. The topological polar surface area (TPSA) is 286 Å². The molecule has 0 fully saturated rings. The summed E-state index contributed by atoms with van der Waals surface area (Å²) in [7, 11) is 0. The molecule has 0 aromatic carbocycles. The molecule has 0 aliphatic rings. The number of nitrogens with one attached hydrogen (secondary N) is 7. The van der Waals surface area contributed by atoms with Gasteiger partial charge in [0.25, 0.3) is 0 Å². The highest BCUT2D eigenvalue weighted by Crippen LogP contribution is 2.03. The quantitative estimate of drug-likeness (QED) is 0.0921. The lowest BCUT2D eigenvalue weighted by Gasteiger charge is -2.23. The van der Waals surface area contributed by atoms with Crippen LogP contribution in [-0.2, 0) is 41.6 Å². The standard InChI is InChI=1S/C22H32N10O8/c1-11(22(39)40)30-17(34)6-27-20(37)15(2-12-4-24-9-28-12)32-21(38)16(3-13-5-25-10-29-13)31-18(35)7-26-19(36)14(23)8-33/h4-5,9-11,14-16,33H,2-3,6-8,23H2,1H3,(H,24,28)(H,25,29)(H,26,36)(H,27,37)(H,30,34)(H,31,35)(H,32,38)(H,39,40)/t11-,14-,15-,16-/m0/s1. The molecule has 0 unspecified atom stereocenters. The van der Waals surface area contributed by atoms with Crippen molar-refractivity contribution in [1.29, 1.82) is 0 Å². The molecule has 218 valence electrons. The Bertz CT molecular complexity index is 1150. The molecule has 5 amide bonds. The highest BCUT2D eigenvalue weighted by molar-refractivity contribution is 5.95. The fraction of sp³-hybridized carbons (Fsp3) is 0.455. The van der Waals surface area contributed by atoms with Gasteiger partial charge in [0, 0.05) is 25.2 Å². The Kier molecular flexibility index (Phi) is 12.2. The Labute approximate surface area is 227 Å². The number of H-pyrrole nitrogens is 2.